The van der Waals surface area contributed by atoms with Crippen LogP contribution in [0.25, 0.3) is 5.69 Å². The van der Waals surface area contributed by atoms with Gasteiger partial charge in [0.2, 0.25) is 0 Å². The second kappa shape index (κ2) is 7.84. The molecule has 0 radical (unpaired) electrons. The van der Waals surface area contributed by atoms with Crippen LogP contribution in [0.15, 0.2) is 58.5 Å². The molecule has 3 aromatic rings. The Labute approximate surface area is 167 Å². The molecule has 2 aromatic carbocycles. The van der Waals surface area contributed by atoms with Gasteiger partial charge in [-0.1, -0.05) is 24.3 Å². The second-order valence-corrected chi connectivity index (χ2v) is 8.05. The molecule has 0 saturated heterocycles. The molecule has 0 atom stereocenters. The van der Waals surface area contributed by atoms with Gasteiger partial charge in [0.25, 0.3) is 15.7 Å². The molecule has 0 spiro atoms. The molecule has 10 heteroatoms. The monoisotopic (exact) mass is 413 g/mol. The molecular weight excluding hydrogens is 394 g/mol. The van der Waals surface area contributed by atoms with Gasteiger partial charge in [0, 0.05) is 17.2 Å². The molecule has 0 amide bonds. The number of sulfonamides is 1. The maximum atomic E-state index is 12.4. The van der Waals surface area contributed by atoms with E-state index >= 15 is 0 Å². The summed E-state index contributed by atoms with van der Waals surface area (Å²) in [6, 6.07) is 13.2. The van der Waals surface area contributed by atoms with E-state index in [1.54, 1.807) is 11.6 Å². The van der Waals surface area contributed by atoms with E-state index in [4.69, 9.17) is 0 Å². The van der Waals surface area contributed by atoms with Gasteiger partial charge in [0.05, 0.1) is 33.1 Å². The summed E-state index contributed by atoms with van der Waals surface area (Å²) in [5.74, 6) is 0. The van der Waals surface area contributed by atoms with Gasteiger partial charge in [-0.25, -0.2) is 9.51 Å². The van der Waals surface area contributed by atoms with E-state index in [-0.39, 0.29) is 10.6 Å². The van der Waals surface area contributed by atoms with Gasteiger partial charge in [0.1, 0.15) is 0 Å². The standard InChI is InChI=1S/C19H19N5O4S/c1-13-9-10-17(11-19(13)24(25)26)29(27,28)22-20-12-18-14(2)21-23(15(18)3)16-7-5-4-6-8-16/h4-12,22H,1-3H3/b20-12+. The number of nitro benzene ring substituents is 1. The number of benzene rings is 2. The summed E-state index contributed by atoms with van der Waals surface area (Å²) in [6.45, 7) is 5.19. The highest BCUT2D eigenvalue weighted by atomic mass is 32.2. The molecule has 29 heavy (non-hydrogen) atoms. The molecule has 0 bridgehead atoms. The maximum Gasteiger partial charge on any atom is 0.276 e. The molecule has 0 aliphatic rings. The van der Waals surface area contributed by atoms with Gasteiger partial charge >= 0.3 is 0 Å². The lowest BCUT2D eigenvalue weighted by atomic mass is 10.2. The largest absolute Gasteiger partial charge is 0.276 e. The third-order valence-corrected chi connectivity index (χ3v) is 5.62. The molecule has 0 aliphatic heterocycles. The Bertz CT molecular complexity index is 1200. The highest BCUT2D eigenvalue weighted by Gasteiger charge is 2.19. The fraction of sp³-hybridized carbons (Fsp3) is 0.158. The van der Waals surface area contributed by atoms with Crippen LogP contribution >= 0.6 is 0 Å². The first-order valence-electron chi connectivity index (χ1n) is 8.62. The number of hydrogen-bond donors (Lipinski definition) is 1. The van der Waals surface area contributed by atoms with Crippen molar-refractivity contribution in [2.45, 2.75) is 25.7 Å². The molecule has 1 N–H and O–H groups in total. The molecule has 9 nitrogen and oxygen atoms in total. The van der Waals surface area contributed by atoms with E-state index in [1.807, 2.05) is 37.3 Å². The van der Waals surface area contributed by atoms with E-state index < -0.39 is 14.9 Å². The van der Waals surface area contributed by atoms with Gasteiger partial charge in [0.15, 0.2) is 0 Å². The average molecular weight is 413 g/mol. The van der Waals surface area contributed by atoms with Crippen LogP contribution in [-0.4, -0.2) is 29.3 Å². The normalized spacial score (nSPS) is 11.7. The summed E-state index contributed by atoms with van der Waals surface area (Å²) in [5, 5.41) is 19.3. The Morgan fingerprint density at radius 2 is 1.83 bits per heavy atom. The molecular formula is C19H19N5O4S. The van der Waals surface area contributed by atoms with Crippen molar-refractivity contribution in [3.05, 3.63) is 81.2 Å². The molecule has 1 heterocycles. The van der Waals surface area contributed by atoms with E-state index in [2.05, 4.69) is 15.0 Å². The van der Waals surface area contributed by atoms with Crippen LogP contribution < -0.4 is 4.83 Å². The Hall–Kier alpha value is -3.53. The molecule has 1 aromatic heterocycles. The summed E-state index contributed by atoms with van der Waals surface area (Å²) in [6.07, 6.45) is 1.37. The van der Waals surface area contributed by atoms with Crippen LogP contribution in [0.1, 0.15) is 22.5 Å². The van der Waals surface area contributed by atoms with Crippen molar-refractivity contribution in [2.24, 2.45) is 5.10 Å². The Morgan fingerprint density at radius 1 is 1.14 bits per heavy atom. The fourth-order valence-electron chi connectivity index (χ4n) is 2.83. The van der Waals surface area contributed by atoms with Crippen molar-refractivity contribution in [1.29, 1.82) is 0 Å². The Kier molecular flexibility index (Phi) is 5.46. The Morgan fingerprint density at radius 3 is 2.48 bits per heavy atom. The SMILES string of the molecule is Cc1ccc(S(=O)(=O)N/N=C/c2c(C)nn(-c3ccccc3)c2C)cc1[N+](=O)[O-]. The van der Waals surface area contributed by atoms with E-state index in [9.17, 15) is 18.5 Å². The predicted octanol–water partition coefficient (Wildman–Crippen LogP) is 3.02. The third-order valence-electron chi connectivity index (χ3n) is 4.40. The molecule has 0 unspecified atom stereocenters. The summed E-state index contributed by atoms with van der Waals surface area (Å²) in [4.78, 5) is 12.3. The molecule has 0 aliphatic carbocycles. The number of rotatable bonds is 6. The van der Waals surface area contributed by atoms with Crippen molar-refractivity contribution in [3.63, 3.8) is 0 Å². The molecule has 0 fully saturated rings. The first-order chi connectivity index (χ1) is 13.7. The Balaban J connectivity index is 1.86. The first-order valence-corrected chi connectivity index (χ1v) is 10.1. The number of nitrogens with one attached hydrogen (secondary N) is 1. The minimum atomic E-state index is -4.05. The number of hydrazone groups is 1. The second-order valence-electron chi connectivity index (χ2n) is 6.39. The number of aryl methyl sites for hydroxylation is 2. The van der Waals surface area contributed by atoms with E-state index in [1.165, 1.54) is 25.3 Å². The lowest BCUT2D eigenvalue weighted by Crippen LogP contribution is -2.18. The van der Waals surface area contributed by atoms with Crippen LogP contribution in [0.4, 0.5) is 5.69 Å². The van der Waals surface area contributed by atoms with Crippen LogP contribution in [0.3, 0.4) is 0 Å². The zero-order chi connectivity index (χ0) is 21.2. The van der Waals surface area contributed by atoms with Crippen LogP contribution in [0.5, 0.6) is 0 Å². The maximum absolute atomic E-state index is 12.4. The summed E-state index contributed by atoms with van der Waals surface area (Å²) < 4.78 is 26.6. The number of para-hydroxylation sites is 1. The molecule has 0 saturated carbocycles. The molecule has 150 valence electrons. The zero-order valence-electron chi connectivity index (χ0n) is 16.0. The fourth-order valence-corrected chi connectivity index (χ4v) is 3.64. The van der Waals surface area contributed by atoms with E-state index in [0.717, 1.165) is 17.4 Å². The van der Waals surface area contributed by atoms with E-state index in [0.29, 0.717) is 16.8 Å². The summed E-state index contributed by atoms with van der Waals surface area (Å²) >= 11 is 0. The highest BCUT2D eigenvalue weighted by molar-refractivity contribution is 7.89. The van der Waals surface area contributed by atoms with Crippen LogP contribution in [-0.2, 0) is 10.0 Å². The van der Waals surface area contributed by atoms with Crippen molar-refractivity contribution in [3.8, 4) is 5.69 Å². The summed E-state index contributed by atoms with van der Waals surface area (Å²) in [5.41, 5.74) is 3.12. The smallest absolute Gasteiger partial charge is 0.258 e. The van der Waals surface area contributed by atoms with Gasteiger partial charge in [-0.2, -0.15) is 18.6 Å². The van der Waals surface area contributed by atoms with Crippen molar-refractivity contribution < 1.29 is 13.3 Å². The van der Waals surface area contributed by atoms with Crippen LogP contribution in [0, 0.1) is 30.9 Å². The predicted molar refractivity (Wildman–Crippen MR) is 109 cm³/mol. The van der Waals surface area contributed by atoms with Crippen LogP contribution in [0.2, 0.25) is 0 Å². The van der Waals surface area contributed by atoms with Crippen molar-refractivity contribution in [1.82, 2.24) is 14.6 Å². The number of nitro groups is 1. The molecule has 3 rings (SSSR count). The minimum absolute atomic E-state index is 0.236. The average Bonchev–Trinajstić information content (AvgIpc) is 2.96. The van der Waals surface area contributed by atoms with Gasteiger partial charge in [-0.15, -0.1) is 0 Å². The number of nitrogens with zero attached hydrogens (tertiary/aromatic N) is 4. The van der Waals surface area contributed by atoms with Gasteiger partial charge in [-0.05, 0) is 39.0 Å². The lowest BCUT2D eigenvalue weighted by Gasteiger charge is -2.05. The highest BCUT2D eigenvalue weighted by Crippen LogP contribution is 2.22. The van der Waals surface area contributed by atoms with Crippen molar-refractivity contribution in [2.75, 3.05) is 0 Å². The number of aromatic nitrogens is 2. The first kappa shape index (κ1) is 20.2. The summed E-state index contributed by atoms with van der Waals surface area (Å²) in [7, 11) is -4.05. The quantitative estimate of drug-likeness (QED) is 0.378. The van der Waals surface area contributed by atoms with Gasteiger partial charge < -0.3 is 0 Å². The zero-order valence-corrected chi connectivity index (χ0v) is 16.8. The van der Waals surface area contributed by atoms with Crippen molar-refractivity contribution >= 4 is 21.9 Å². The topological polar surface area (TPSA) is 119 Å². The lowest BCUT2D eigenvalue weighted by molar-refractivity contribution is -0.385. The minimum Gasteiger partial charge on any atom is -0.258 e. The third kappa shape index (κ3) is 4.16. The number of hydrogen-bond acceptors (Lipinski definition) is 6. The van der Waals surface area contributed by atoms with Gasteiger partial charge in [-0.3, -0.25) is 10.1 Å².